The summed E-state index contributed by atoms with van der Waals surface area (Å²) in [5, 5.41) is 3.05. The van der Waals surface area contributed by atoms with Crippen LogP contribution in [0.4, 0.5) is 0 Å². The van der Waals surface area contributed by atoms with Gasteiger partial charge in [-0.15, -0.1) is 0 Å². The number of hydrogen-bond donors (Lipinski definition) is 2. The van der Waals surface area contributed by atoms with Crippen LogP contribution in [-0.4, -0.2) is 28.6 Å². The van der Waals surface area contributed by atoms with Crippen molar-refractivity contribution in [1.82, 2.24) is 10.0 Å². The first-order chi connectivity index (χ1) is 9.58. The third kappa shape index (κ3) is 5.09. The smallest absolute Gasteiger partial charge is 0.240 e. The number of hydrogen-bond acceptors (Lipinski definition) is 3. The predicted molar refractivity (Wildman–Crippen MR) is 88.2 cm³/mol. The second-order valence-corrected chi connectivity index (χ2v) is 8.48. The van der Waals surface area contributed by atoms with Crippen LogP contribution in [0, 0.1) is 12.8 Å². The Hall–Kier alpha value is -0.910. The lowest BCUT2D eigenvalue weighted by Gasteiger charge is -2.21. The molecule has 4 nitrogen and oxygen atoms in total. The van der Waals surface area contributed by atoms with Gasteiger partial charge in [-0.25, -0.2) is 13.1 Å². The van der Waals surface area contributed by atoms with Gasteiger partial charge in [0, 0.05) is 6.54 Å². The third-order valence-electron chi connectivity index (χ3n) is 3.52. The summed E-state index contributed by atoms with van der Waals surface area (Å²) in [4.78, 5) is 0.381. The molecular formula is C16H28N2O2S. The van der Waals surface area contributed by atoms with Crippen LogP contribution in [0.2, 0.25) is 0 Å². The van der Waals surface area contributed by atoms with E-state index in [2.05, 4.69) is 30.8 Å². The summed E-state index contributed by atoms with van der Waals surface area (Å²) >= 11 is 0. The fourth-order valence-electron chi connectivity index (χ4n) is 2.11. The highest BCUT2D eigenvalue weighted by molar-refractivity contribution is 7.89. The third-order valence-corrected chi connectivity index (χ3v) is 5.08. The minimum absolute atomic E-state index is 0.0720. The molecule has 0 aliphatic carbocycles. The first-order valence-electron chi connectivity index (χ1n) is 7.33. The van der Waals surface area contributed by atoms with Gasteiger partial charge in [0.1, 0.15) is 0 Å². The zero-order chi connectivity index (χ0) is 16.3. The molecule has 0 aromatic heterocycles. The summed E-state index contributed by atoms with van der Waals surface area (Å²) in [5.74, 6) is 0.246. The fraction of sp³-hybridized carbons (Fsp3) is 0.625. The molecule has 2 N–H and O–H groups in total. The number of aryl methyl sites for hydroxylation is 1. The van der Waals surface area contributed by atoms with Gasteiger partial charge in [-0.1, -0.05) is 39.8 Å². The first kappa shape index (κ1) is 18.1. The van der Waals surface area contributed by atoms with Gasteiger partial charge in [-0.05, 0) is 49.0 Å². The minimum atomic E-state index is -3.46. The number of nitrogens with one attached hydrogen (secondary N) is 2. The van der Waals surface area contributed by atoms with E-state index in [1.54, 1.807) is 6.07 Å². The van der Waals surface area contributed by atoms with Crippen molar-refractivity contribution < 1.29 is 8.42 Å². The second-order valence-electron chi connectivity index (χ2n) is 6.75. The Morgan fingerprint density at radius 2 is 1.81 bits per heavy atom. The summed E-state index contributed by atoms with van der Waals surface area (Å²) in [6, 6.07) is 5.67. The van der Waals surface area contributed by atoms with Gasteiger partial charge in [0.25, 0.3) is 0 Å². The molecule has 0 heterocycles. The summed E-state index contributed by atoms with van der Waals surface area (Å²) in [6.07, 6.45) is 0. The molecule has 1 aromatic carbocycles. The van der Waals surface area contributed by atoms with Crippen LogP contribution in [-0.2, 0) is 15.4 Å². The zero-order valence-corrected chi connectivity index (χ0v) is 14.8. The second kappa shape index (κ2) is 6.90. The van der Waals surface area contributed by atoms with Crippen molar-refractivity contribution in [2.45, 2.75) is 44.9 Å². The Morgan fingerprint density at radius 1 is 1.19 bits per heavy atom. The summed E-state index contributed by atoms with van der Waals surface area (Å²) < 4.78 is 27.7. The number of sulfonamides is 1. The molecule has 120 valence electrons. The van der Waals surface area contributed by atoms with E-state index in [9.17, 15) is 8.42 Å². The van der Waals surface area contributed by atoms with Crippen molar-refractivity contribution in [3.63, 3.8) is 0 Å². The van der Waals surface area contributed by atoms with Crippen LogP contribution < -0.4 is 10.0 Å². The van der Waals surface area contributed by atoms with Crippen molar-refractivity contribution in [3.8, 4) is 0 Å². The molecule has 0 fully saturated rings. The Morgan fingerprint density at radius 3 is 2.33 bits per heavy atom. The quantitative estimate of drug-likeness (QED) is 0.848. The Labute approximate surface area is 129 Å². The molecule has 1 aromatic rings. The first-order valence-corrected chi connectivity index (χ1v) is 8.81. The molecule has 1 unspecified atom stereocenters. The number of rotatable bonds is 6. The monoisotopic (exact) mass is 312 g/mol. The van der Waals surface area contributed by atoms with Gasteiger partial charge in [0.2, 0.25) is 10.0 Å². The minimum Gasteiger partial charge on any atom is -0.319 e. The molecule has 0 aliphatic rings. The molecule has 0 radical (unpaired) electrons. The van der Waals surface area contributed by atoms with Crippen LogP contribution >= 0.6 is 0 Å². The summed E-state index contributed by atoms with van der Waals surface area (Å²) in [5.41, 5.74) is 1.73. The highest BCUT2D eigenvalue weighted by Crippen LogP contribution is 2.26. The van der Waals surface area contributed by atoms with Crippen LogP contribution in [0.5, 0.6) is 0 Å². The maximum atomic E-state index is 12.5. The Kier molecular flexibility index (Phi) is 5.96. The van der Waals surface area contributed by atoms with Crippen molar-refractivity contribution >= 4 is 10.0 Å². The van der Waals surface area contributed by atoms with Crippen LogP contribution in [0.15, 0.2) is 23.1 Å². The Balaban J connectivity index is 3.02. The van der Waals surface area contributed by atoms with Gasteiger partial charge < -0.3 is 5.32 Å². The molecule has 5 heteroatoms. The van der Waals surface area contributed by atoms with Gasteiger partial charge in [0.15, 0.2) is 0 Å². The average Bonchev–Trinajstić information content (AvgIpc) is 2.36. The largest absolute Gasteiger partial charge is 0.319 e. The van der Waals surface area contributed by atoms with Gasteiger partial charge in [-0.3, -0.25) is 0 Å². The van der Waals surface area contributed by atoms with Gasteiger partial charge >= 0.3 is 0 Å². The molecular weight excluding hydrogens is 284 g/mol. The molecule has 0 saturated carbocycles. The van der Waals surface area contributed by atoms with Crippen LogP contribution in [0.3, 0.4) is 0 Å². The van der Waals surface area contributed by atoms with Crippen LogP contribution in [0.25, 0.3) is 0 Å². The lowest BCUT2D eigenvalue weighted by Crippen LogP contribution is -2.32. The van der Waals surface area contributed by atoms with E-state index in [-0.39, 0.29) is 11.3 Å². The van der Waals surface area contributed by atoms with Crippen molar-refractivity contribution in [2.24, 2.45) is 5.92 Å². The van der Waals surface area contributed by atoms with E-state index in [0.29, 0.717) is 11.4 Å². The van der Waals surface area contributed by atoms with Gasteiger partial charge in [0.05, 0.1) is 4.90 Å². The summed E-state index contributed by atoms with van der Waals surface area (Å²) in [7, 11) is -1.60. The number of benzene rings is 1. The maximum Gasteiger partial charge on any atom is 0.240 e. The van der Waals surface area contributed by atoms with E-state index in [4.69, 9.17) is 0 Å². The van der Waals surface area contributed by atoms with Crippen LogP contribution in [0.1, 0.15) is 38.8 Å². The van der Waals surface area contributed by atoms with Crippen molar-refractivity contribution in [3.05, 3.63) is 29.3 Å². The maximum absolute atomic E-state index is 12.5. The Bertz CT molecular complexity index is 574. The van der Waals surface area contributed by atoms with E-state index < -0.39 is 10.0 Å². The zero-order valence-electron chi connectivity index (χ0n) is 13.9. The highest BCUT2D eigenvalue weighted by atomic mass is 32.2. The van der Waals surface area contributed by atoms with E-state index in [1.807, 2.05) is 33.0 Å². The highest BCUT2D eigenvalue weighted by Gasteiger charge is 2.21. The van der Waals surface area contributed by atoms with E-state index in [0.717, 1.165) is 17.7 Å². The van der Waals surface area contributed by atoms with Gasteiger partial charge in [-0.2, -0.15) is 0 Å². The lowest BCUT2D eigenvalue weighted by molar-refractivity contribution is 0.518. The molecule has 1 atom stereocenters. The van der Waals surface area contributed by atoms with Crippen molar-refractivity contribution in [2.75, 3.05) is 20.1 Å². The lowest BCUT2D eigenvalue weighted by atomic mass is 9.87. The topological polar surface area (TPSA) is 58.2 Å². The molecule has 1 rings (SSSR count). The molecule has 0 bridgehead atoms. The molecule has 0 aliphatic heterocycles. The fourth-order valence-corrected chi connectivity index (χ4v) is 3.54. The molecule has 0 saturated heterocycles. The van der Waals surface area contributed by atoms with E-state index >= 15 is 0 Å². The SMILES string of the molecule is CNCC(C)CNS(=O)(=O)c1cc(C(C)(C)C)ccc1C. The molecule has 21 heavy (non-hydrogen) atoms. The molecule has 0 spiro atoms. The molecule has 0 amide bonds. The average molecular weight is 312 g/mol. The standard InChI is InChI=1S/C16H28N2O2S/c1-12(10-17-6)11-18-21(19,20)15-9-14(16(3,4)5)8-7-13(15)2/h7-9,12,17-18H,10-11H2,1-6H3. The summed E-state index contributed by atoms with van der Waals surface area (Å²) in [6.45, 7) is 11.3. The normalized spacial score (nSPS) is 14.2. The predicted octanol–water partition coefficient (Wildman–Crippen LogP) is 2.43. The van der Waals surface area contributed by atoms with Crippen molar-refractivity contribution in [1.29, 1.82) is 0 Å². The van der Waals surface area contributed by atoms with E-state index in [1.165, 1.54) is 0 Å².